The van der Waals surface area contributed by atoms with Gasteiger partial charge in [0.05, 0.1) is 12.2 Å². The van der Waals surface area contributed by atoms with Gasteiger partial charge < -0.3 is 9.15 Å². The fraction of sp³-hybridized carbons (Fsp3) is 0.500. The average molecular weight is 234 g/mol. The summed E-state index contributed by atoms with van der Waals surface area (Å²) in [5.74, 6) is 0.548. The predicted molar refractivity (Wildman–Crippen MR) is 64.5 cm³/mol. The summed E-state index contributed by atoms with van der Waals surface area (Å²) >= 11 is 0. The molecule has 1 aromatic rings. The normalized spacial score (nSPS) is 25.2. The van der Waals surface area contributed by atoms with E-state index in [1.54, 1.807) is 6.07 Å². The Hall–Kier alpha value is -1.51. The molecule has 1 aliphatic rings. The third-order valence-electron chi connectivity index (χ3n) is 3.39. The molecular weight excluding hydrogens is 216 g/mol. The van der Waals surface area contributed by atoms with Crippen molar-refractivity contribution in [2.24, 2.45) is 17.3 Å². The Kier molecular flexibility index (Phi) is 2.86. The van der Waals surface area contributed by atoms with Crippen LogP contribution in [0.5, 0.6) is 5.75 Å². The molecule has 1 heterocycles. The number of ether oxygens (including phenoxy) is 1. The van der Waals surface area contributed by atoms with E-state index in [1.807, 2.05) is 13.8 Å². The van der Waals surface area contributed by atoms with Crippen LogP contribution in [0, 0.1) is 17.3 Å². The molecule has 17 heavy (non-hydrogen) atoms. The first-order chi connectivity index (χ1) is 7.93. The first kappa shape index (κ1) is 12.0. The first-order valence-corrected chi connectivity index (χ1v) is 5.82. The van der Waals surface area contributed by atoms with E-state index in [4.69, 9.17) is 9.15 Å². The Morgan fingerprint density at radius 1 is 1.47 bits per heavy atom. The van der Waals surface area contributed by atoms with Gasteiger partial charge in [0.1, 0.15) is 6.26 Å². The monoisotopic (exact) mass is 234 g/mol. The zero-order chi connectivity index (χ0) is 12.6. The zero-order valence-electron chi connectivity index (χ0n) is 10.7. The molecule has 0 radical (unpaired) electrons. The van der Waals surface area contributed by atoms with Crippen molar-refractivity contribution in [1.29, 1.82) is 0 Å². The van der Waals surface area contributed by atoms with Crippen LogP contribution in [-0.2, 0) is 4.79 Å². The SMILES string of the molecule is CC(C)=CC1C(C(=O)Oc2ccoc2)C1(C)C. The van der Waals surface area contributed by atoms with Gasteiger partial charge in [-0.3, -0.25) is 4.79 Å². The van der Waals surface area contributed by atoms with Gasteiger partial charge in [-0.05, 0) is 25.2 Å². The highest BCUT2D eigenvalue weighted by Gasteiger charge is 2.61. The fourth-order valence-corrected chi connectivity index (χ4v) is 2.29. The molecule has 1 fully saturated rings. The minimum Gasteiger partial charge on any atom is -0.469 e. The van der Waals surface area contributed by atoms with Crippen molar-refractivity contribution in [2.75, 3.05) is 0 Å². The third kappa shape index (κ3) is 2.28. The molecule has 2 atom stereocenters. The smallest absolute Gasteiger partial charge is 0.315 e. The molecule has 3 heteroatoms. The van der Waals surface area contributed by atoms with E-state index in [-0.39, 0.29) is 23.2 Å². The van der Waals surface area contributed by atoms with E-state index >= 15 is 0 Å². The highest BCUT2D eigenvalue weighted by Crippen LogP contribution is 2.59. The van der Waals surface area contributed by atoms with Crippen molar-refractivity contribution in [3.8, 4) is 5.75 Å². The molecule has 0 aromatic carbocycles. The number of carbonyl (C=O) groups is 1. The van der Waals surface area contributed by atoms with Gasteiger partial charge in [0, 0.05) is 6.07 Å². The summed E-state index contributed by atoms with van der Waals surface area (Å²) in [5, 5.41) is 0. The quantitative estimate of drug-likeness (QED) is 0.594. The van der Waals surface area contributed by atoms with Gasteiger partial charge in [-0.2, -0.15) is 0 Å². The molecule has 0 bridgehead atoms. The van der Waals surface area contributed by atoms with Crippen molar-refractivity contribution in [1.82, 2.24) is 0 Å². The fourth-order valence-electron chi connectivity index (χ4n) is 2.29. The largest absolute Gasteiger partial charge is 0.469 e. The van der Waals surface area contributed by atoms with Gasteiger partial charge in [0.2, 0.25) is 0 Å². The van der Waals surface area contributed by atoms with Crippen LogP contribution in [0.25, 0.3) is 0 Å². The van der Waals surface area contributed by atoms with Crippen LogP contribution >= 0.6 is 0 Å². The lowest BCUT2D eigenvalue weighted by molar-refractivity contribution is -0.136. The topological polar surface area (TPSA) is 39.4 Å². The minimum absolute atomic E-state index is 0.00190. The number of carbonyl (C=O) groups excluding carboxylic acids is 1. The molecule has 3 nitrogen and oxygen atoms in total. The Labute approximate surface area is 101 Å². The number of furan rings is 1. The van der Waals surface area contributed by atoms with Gasteiger partial charge in [-0.25, -0.2) is 0 Å². The lowest BCUT2D eigenvalue weighted by Gasteiger charge is -2.01. The average Bonchev–Trinajstić information content (AvgIpc) is 2.64. The summed E-state index contributed by atoms with van der Waals surface area (Å²) in [7, 11) is 0. The molecule has 1 aliphatic carbocycles. The number of allylic oxidation sites excluding steroid dienone is 2. The zero-order valence-corrected chi connectivity index (χ0v) is 10.7. The standard InChI is InChI=1S/C14H18O3/c1-9(2)7-11-12(14(11,3)4)13(15)17-10-5-6-16-8-10/h5-8,11-12H,1-4H3. The van der Waals surface area contributed by atoms with Gasteiger partial charge >= 0.3 is 5.97 Å². The molecule has 0 saturated heterocycles. The molecule has 0 spiro atoms. The second kappa shape index (κ2) is 4.06. The Morgan fingerprint density at radius 2 is 2.18 bits per heavy atom. The summed E-state index contributed by atoms with van der Waals surface area (Å²) < 4.78 is 10.1. The van der Waals surface area contributed by atoms with E-state index < -0.39 is 0 Å². The van der Waals surface area contributed by atoms with Crippen LogP contribution in [0.15, 0.2) is 34.7 Å². The van der Waals surface area contributed by atoms with Crippen molar-refractivity contribution in [3.63, 3.8) is 0 Å². The second-order valence-corrected chi connectivity index (χ2v) is 5.45. The minimum atomic E-state index is -0.168. The van der Waals surface area contributed by atoms with Crippen molar-refractivity contribution >= 4 is 5.97 Å². The first-order valence-electron chi connectivity index (χ1n) is 5.82. The van der Waals surface area contributed by atoms with E-state index in [2.05, 4.69) is 19.9 Å². The highest BCUT2D eigenvalue weighted by atomic mass is 16.5. The van der Waals surface area contributed by atoms with E-state index in [1.165, 1.54) is 18.1 Å². The third-order valence-corrected chi connectivity index (χ3v) is 3.39. The Morgan fingerprint density at radius 3 is 2.71 bits per heavy atom. The van der Waals surface area contributed by atoms with E-state index in [0.717, 1.165) is 0 Å². The molecule has 92 valence electrons. The van der Waals surface area contributed by atoms with Gasteiger partial charge in [0.25, 0.3) is 0 Å². The van der Waals surface area contributed by atoms with Crippen LogP contribution in [0.4, 0.5) is 0 Å². The van der Waals surface area contributed by atoms with Gasteiger partial charge in [0.15, 0.2) is 5.75 Å². The van der Waals surface area contributed by atoms with Gasteiger partial charge in [-0.15, -0.1) is 0 Å². The Bertz CT molecular complexity index is 436. The van der Waals surface area contributed by atoms with Crippen molar-refractivity contribution in [3.05, 3.63) is 30.2 Å². The van der Waals surface area contributed by atoms with Crippen LogP contribution < -0.4 is 4.74 Å². The summed E-state index contributed by atoms with van der Waals surface area (Å²) in [5.41, 5.74) is 1.24. The Balaban J connectivity index is 2.04. The maximum Gasteiger partial charge on any atom is 0.315 e. The molecule has 0 amide bonds. The molecule has 1 aromatic heterocycles. The van der Waals surface area contributed by atoms with Crippen LogP contribution in [0.3, 0.4) is 0 Å². The molecular formula is C14H18O3. The number of hydrogen-bond donors (Lipinski definition) is 0. The number of esters is 1. The van der Waals surface area contributed by atoms with E-state index in [9.17, 15) is 4.79 Å². The molecule has 0 N–H and O–H groups in total. The van der Waals surface area contributed by atoms with Crippen molar-refractivity contribution in [2.45, 2.75) is 27.7 Å². The molecule has 2 unspecified atom stereocenters. The summed E-state index contributed by atoms with van der Waals surface area (Å²) in [6, 6.07) is 1.64. The van der Waals surface area contributed by atoms with Crippen LogP contribution in [-0.4, -0.2) is 5.97 Å². The number of rotatable bonds is 3. The highest BCUT2D eigenvalue weighted by molar-refractivity contribution is 5.80. The predicted octanol–water partition coefficient (Wildman–Crippen LogP) is 3.42. The lowest BCUT2D eigenvalue weighted by Crippen LogP contribution is -2.13. The van der Waals surface area contributed by atoms with E-state index in [0.29, 0.717) is 5.75 Å². The summed E-state index contributed by atoms with van der Waals surface area (Å²) in [6.07, 6.45) is 5.08. The summed E-state index contributed by atoms with van der Waals surface area (Å²) in [6.45, 7) is 8.29. The van der Waals surface area contributed by atoms with Crippen LogP contribution in [0.2, 0.25) is 0 Å². The van der Waals surface area contributed by atoms with Gasteiger partial charge in [-0.1, -0.05) is 25.5 Å². The molecule has 0 aliphatic heterocycles. The second-order valence-electron chi connectivity index (χ2n) is 5.45. The maximum atomic E-state index is 12.0. The maximum absolute atomic E-state index is 12.0. The molecule has 2 rings (SSSR count). The number of hydrogen-bond acceptors (Lipinski definition) is 3. The molecule has 1 saturated carbocycles. The summed E-state index contributed by atoms with van der Waals surface area (Å²) in [4.78, 5) is 12.0. The van der Waals surface area contributed by atoms with Crippen LogP contribution in [0.1, 0.15) is 27.7 Å². The van der Waals surface area contributed by atoms with Crippen molar-refractivity contribution < 1.29 is 13.9 Å². The lowest BCUT2D eigenvalue weighted by atomic mass is 10.1.